The zero-order chi connectivity index (χ0) is 27.8. The van der Waals surface area contributed by atoms with E-state index in [1.54, 1.807) is 11.5 Å². The van der Waals surface area contributed by atoms with E-state index in [1.165, 1.54) is 6.92 Å². The molecule has 0 bridgehead atoms. The first-order chi connectivity index (χ1) is 18.9. The fourth-order valence-corrected chi connectivity index (χ4v) is 4.31. The van der Waals surface area contributed by atoms with Crippen LogP contribution in [-0.4, -0.2) is 50.1 Å². The molecule has 2 aromatic heterocycles. The summed E-state index contributed by atoms with van der Waals surface area (Å²) in [6.45, 7) is 5.61. The number of nitrogens with zero attached hydrogens (tertiary/aromatic N) is 6. The number of aromatic nitrogens is 6. The average Bonchev–Trinajstić information content (AvgIpc) is 3.56. The maximum atomic E-state index is 13.1. The number of halogens is 1. The van der Waals surface area contributed by atoms with Gasteiger partial charge in [0.05, 0.1) is 6.61 Å². The van der Waals surface area contributed by atoms with Gasteiger partial charge in [0.1, 0.15) is 5.82 Å². The first-order valence-electron chi connectivity index (χ1n) is 12.6. The molecule has 2 aromatic carbocycles. The molecule has 2 heterocycles. The molecule has 0 aliphatic carbocycles. The summed E-state index contributed by atoms with van der Waals surface area (Å²) in [5.41, 5.74) is 3.72. The van der Waals surface area contributed by atoms with Gasteiger partial charge in [0.15, 0.2) is 10.8 Å². The standard InChI is InChI=1S/C27H28ClN6O5.K/c1-4-6-11-22-29-24(28)23(26(35)38-17(3)39-27(36)37-5-2)34(22)16-18-12-14-19(15-13-18)20-9-7-8-10-21(20)25-30-32-33-31-25;/h7-10,12-15,17H,4-6,11,16H2,1-3H3;/q-1;+1. The molecule has 1 unspecified atom stereocenters. The second-order valence-electron chi connectivity index (χ2n) is 8.58. The van der Waals surface area contributed by atoms with Gasteiger partial charge in [-0.25, -0.2) is 14.6 Å². The van der Waals surface area contributed by atoms with Crippen LogP contribution in [0.5, 0.6) is 0 Å². The molecule has 11 nitrogen and oxygen atoms in total. The van der Waals surface area contributed by atoms with Crippen LogP contribution in [0.1, 0.15) is 55.5 Å². The Balaban J connectivity index is 0.00000441. The van der Waals surface area contributed by atoms with Crippen molar-refractivity contribution in [2.24, 2.45) is 0 Å². The monoisotopic (exact) mass is 590 g/mol. The molecule has 0 radical (unpaired) electrons. The number of hydrogen-bond donors (Lipinski definition) is 0. The van der Waals surface area contributed by atoms with E-state index in [0.29, 0.717) is 24.6 Å². The minimum absolute atomic E-state index is 0. The molecule has 0 saturated carbocycles. The number of hydrogen-bond acceptors (Lipinski definition) is 9. The molecular weight excluding hydrogens is 563 g/mol. The van der Waals surface area contributed by atoms with Crippen LogP contribution >= 0.6 is 11.6 Å². The van der Waals surface area contributed by atoms with E-state index in [4.69, 9.17) is 25.8 Å². The maximum absolute atomic E-state index is 13.1. The summed E-state index contributed by atoms with van der Waals surface area (Å²) in [7, 11) is 0. The topological polar surface area (TPSA) is 132 Å². The van der Waals surface area contributed by atoms with Gasteiger partial charge in [-0.1, -0.05) is 73.5 Å². The minimum Gasteiger partial charge on any atom is -0.435 e. The number of tetrazole rings is 1. The second kappa shape index (κ2) is 15.4. The SMILES string of the molecule is CCCCc1nc(Cl)c(C(=O)OC(C)OC(=O)OCC)n1Cc1ccc(-c2ccccc2-c2nnn[n-]2)cc1.[K+]. The van der Waals surface area contributed by atoms with Gasteiger partial charge in [-0.2, -0.15) is 5.21 Å². The number of ether oxygens (including phenoxy) is 3. The van der Waals surface area contributed by atoms with Crippen LogP contribution in [-0.2, 0) is 27.2 Å². The van der Waals surface area contributed by atoms with Crippen molar-refractivity contribution in [2.45, 2.75) is 52.9 Å². The zero-order valence-electron chi connectivity index (χ0n) is 22.8. The number of benzene rings is 2. The molecular formula is C27H28ClKN6O5. The second-order valence-corrected chi connectivity index (χ2v) is 8.93. The van der Waals surface area contributed by atoms with Crippen LogP contribution in [0.25, 0.3) is 22.5 Å². The smallest absolute Gasteiger partial charge is 0.435 e. The van der Waals surface area contributed by atoms with Crippen LogP contribution in [0, 0.1) is 0 Å². The number of esters is 1. The first-order valence-corrected chi connectivity index (χ1v) is 13.0. The molecule has 204 valence electrons. The van der Waals surface area contributed by atoms with Gasteiger partial charge in [-0.3, -0.25) is 10.3 Å². The number of carbonyl (C=O) groups excluding carboxylic acids is 2. The van der Waals surface area contributed by atoms with Gasteiger partial charge >= 0.3 is 63.5 Å². The summed E-state index contributed by atoms with van der Waals surface area (Å²) >= 11 is 6.41. The van der Waals surface area contributed by atoms with Crippen LogP contribution in [0.4, 0.5) is 4.79 Å². The Morgan fingerprint density at radius 1 is 1.05 bits per heavy atom. The van der Waals surface area contributed by atoms with Gasteiger partial charge in [-0.15, -0.1) is 0 Å². The van der Waals surface area contributed by atoms with E-state index in [1.807, 2.05) is 48.5 Å². The van der Waals surface area contributed by atoms with Crippen molar-refractivity contribution >= 4 is 23.7 Å². The third-order valence-corrected chi connectivity index (χ3v) is 6.10. The van der Waals surface area contributed by atoms with Gasteiger partial charge < -0.3 is 23.9 Å². The van der Waals surface area contributed by atoms with Crippen LogP contribution in [0.2, 0.25) is 5.15 Å². The summed E-state index contributed by atoms with van der Waals surface area (Å²) in [5, 5.41) is 15.2. The molecule has 0 spiro atoms. The quantitative estimate of drug-likeness (QED) is 0.145. The number of carbonyl (C=O) groups is 2. The fourth-order valence-electron chi connectivity index (χ4n) is 4.03. The number of aryl methyl sites for hydroxylation is 1. The van der Waals surface area contributed by atoms with Gasteiger partial charge in [0.25, 0.3) is 0 Å². The number of imidazole rings is 1. The van der Waals surface area contributed by atoms with Crippen LogP contribution in [0.3, 0.4) is 0 Å². The fraction of sp³-hybridized carbons (Fsp3) is 0.333. The summed E-state index contributed by atoms with van der Waals surface area (Å²) in [6.07, 6.45) is 0.339. The van der Waals surface area contributed by atoms with E-state index in [-0.39, 0.29) is 68.8 Å². The molecule has 0 saturated heterocycles. The van der Waals surface area contributed by atoms with Crippen molar-refractivity contribution in [3.8, 4) is 22.5 Å². The van der Waals surface area contributed by atoms with E-state index in [2.05, 4.69) is 32.5 Å². The Hall–Kier alpha value is -2.61. The van der Waals surface area contributed by atoms with E-state index < -0.39 is 18.4 Å². The summed E-state index contributed by atoms with van der Waals surface area (Å²) < 4.78 is 16.8. The molecule has 0 fully saturated rings. The van der Waals surface area contributed by atoms with Crippen molar-refractivity contribution in [3.05, 3.63) is 70.8 Å². The summed E-state index contributed by atoms with van der Waals surface area (Å²) in [6, 6.07) is 15.6. The van der Waals surface area contributed by atoms with Crippen molar-refractivity contribution in [1.29, 1.82) is 0 Å². The molecule has 1 atom stereocenters. The molecule has 0 aliphatic rings. The van der Waals surface area contributed by atoms with Crippen LogP contribution < -0.4 is 56.5 Å². The summed E-state index contributed by atoms with van der Waals surface area (Å²) in [4.78, 5) is 29.1. The van der Waals surface area contributed by atoms with Crippen molar-refractivity contribution in [3.63, 3.8) is 0 Å². The molecule has 0 aliphatic heterocycles. The molecule has 4 rings (SSSR count). The number of rotatable bonds is 11. The Morgan fingerprint density at radius 3 is 2.42 bits per heavy atom. The first kappa shape index (κ1) is 31.9. The minimum atomic E-state index is -1.17. The van der Waals surface area contributed by atoms with E-state index >= 15 is 0 Å². The molecule has 40 heavy (non-hydrogen) atoms. The van der Waals surface area contributed by atoms with E-state index in [9.17, 15) is 9.59 Å². The van der Waals surface area contributed by atoms with Crippen molar-refractivity contribution in [2.75, 3.05) is 6.61 Å². The third-order valence-electron chi connectivity index (χ3n) is 5.84. The Morgan fingerprint density at radius 2 is 1.77 bits per heavy atom. The summed E-state index contributed by atoms with van der Waals surface area (Å²) in [5.74, 6) is 0.359. The third kappa shape index (κ3) is 7.99. The van der Waals surface area contributed by atoms with Crippen LogP contribution in [0.15, 0.2) is 48.5 Å². The van der Waals surface area contributed by atoms with Gasteiger partial charge in [0.2, 0.25) is 6.29 Å². The van der Waals surface area contributed by atoms with Gasteiger partial charge in [-0.05, 0) is 35.6 Å². The Labute approximate surface area is 279 Å². The number of unbranched alkanes of at least 4 members (excludes halogenated alkanes) is 1. The maximum Gasteiger partial charge on any atom is 1.00 e. The largest absolute Gasteiger partial charge is 1.00 e. The zero-order valence-corrected chi connectivity index (χ0v) is 26.7. The van der Waals surface area contributed by atoms with E-state index in [0.717, 1.165) is 35.1 Å². The van der Waals surface area contributed by atoms with Crippen molar-refractivity contribution in [1.82, 2.24) is 30.2 Å². The molecule has 0 amide bonds. The Kier molecular flexibility index (Phi) is 12.3. The van der Waals surface area contributed by atoms with Crippen molar-refractivity contribution < 1.29 is 75.2 Å². The molecule has 4 aromatic rings. The predicted molar refractivity (Wildman–Crippen MR) is 142 cm³/mol. The molecule has 13 heteroatoms. The Bertz CT molecular complexity index is 1410. The molecule has 0 N–H and O–H groups in total. The van der Waals surface area contributed by atoms with Gasteiger partial charge in [0, 0.05) is 25.7 Å². The average molecular weight is 591 g/mol. The normalized spacial score (nSPS) is 11.4. The predicted octanol–water partition coefficient (Wildman–Crippen LogP) is 2.08.